The van der Waals surface area contributed by atoms with Gasteiger partial charge in [0, 0.05) is 11.6 Å². The number of nitrogens with one attached hydrogen (secondary N) is 1. The third kappa shape index (κ3) is 3.69. The molecular weight excluding hydrogens is 226 g/mol. The summed E-state index contributed by atoms with van der Waals surface area (Å²) in [5, 5.41) is 11.5. The highest BCUT2D eigenvalue weighted by molar-refractivity contribution is 5.34. The van der Waals surface area contributed by atoms with Crippen molar-refractivity contribution in [3.05, 3.63) is 29.6 Å². The average Bonchev–Trinajstić information content (AvgIpc) is 2.17. The predicted octanol–water partition coefficient (Wildman–Crippen LogP) is 2.74. The standard InChI is InChI=1S/C10H11F4NO/c1-6(15-5-10(12,13)14)8-4-7(11)2-3-9(8)16/h2-4,6,15-16H,5H2,1H3. The number of alkyl halides is 3. The number of phenolic OH excluding ortho intramolecular Hbond substituents is 1. The van der Waals surface area contributed by atoms with Crippen LogP contribution in [0.4, 0.5) is 17.6 Å². The third-order valence-corrected chi connectivity index (χ3v) is 2.06. The predicted molar refractivity (Wildman–Crippen MR) is 50.5 cm³/mol. The number of benzene rings is 1. The normalized spacial score (nSPS) is 13.8. The first-order valence-corrected chi connectivity index (χ1v) is 4.58. The highest BCUT2D eigenvalue weighted by atomic mass is 19.4. The third-order valence-electron chi connectivity index (χ3n) is 2.06. The summed E-state index contributed by atoms with van der Waals surface area (Å²) < 4.78 is 48.6. The highest BCUT2D eigenvalue weighted by Crippen LogP contribution is 2.25. The van der Waals surface area contributed by atoms with Gasteiger partial charge in [0.2, 0.25) is 0 Å². The van der Waals surface area contributed by atoms with E-state index in [9.17, 15) is 22.7 Å². The van der Waals surface area contributed by atoms with Crippen LogP contribution in [0.5, 0.6) is 5.75 Å². The molecule has 0 aliphatic carbocycles. The summed E-state index contributed by atoms with van der Waals surface area (Å²) in [5.41, 5.74) is 0.101. The zero-order chi connectivity index (χ0) is 12.3. The van der Waals surface area contributed by atoms with Crippen molar-refractivity contribution in [3.63, 3.8) is 0 Å². The van der Waals surface area contributed by atoms with Gasteiger partial charge in [0.15, 0.2) is 0 Å². The van der Waals surface area contributed by atoms with E-state index in [4.69, 9.17) is 0 Å². The molecule has 1 aromatic carbocycles. The van der Waals surface area contributed by atoms with Crippen LogP contribution in [-0.2, 0) is 0 Å². The second kappa shape index (κ2) is 4.69. The second-order valence-electron chi connectivity index (χ2n) is 3.42. The molecule has 1 atom stereocenters. The number of rotatable bonds is 3. The van der Waals surface area contributed by atoms with Crippen molar-refractivity contribution < 1.29 is 22.7 Å². The maximum atomic E-state index is 12.8. The molecule has 0 spiro atoms. The summed E-state index contributed by atoms with van der Waals surface area (Å²) in [6, 6.07) is 2.37. The lowest BCUT2D eigenvalue weighted by molar-refractivity contribution is -0.126. The number of phenols is 1. The molecule has 0 saturated carbocycles. The summed E-state index contributed by atoms with van der Waals surface area (Å²) in [6.45, 7) is 0.227. The van der Waals surface area contributed by atoms with E-state index in [0.29, 0.717) is 0 Å². The molecule has 1 rings (SSSR count). The minimum Gasteiger partial charge on any atom is -0.508 e. The van der Waals surface area contributed by atoms with Crippen molar-refractivity contribution in [1.29, 1.82) is 0 Å². The number of hydrogen-bond donors (Lipinski definition) is 2. The van der Waals surface area contributed by atoms with E-state index in [1.54, 1.807) is 0 Å². The van der Waals surface area contributed by atoms with Crippen LogP contribution in [0.15, 0.2) is 18.2 Å². The van der Waals surface area contributed by atoms with E-state index >= 15 is 0 Å². The lowest BCUT2D eigenvalue weighted by Gasteiger charge is -2.16. The van der Waals surface area contributed by atoms with Crippen LogP contribution in [0, 0.1) is 5.82 Å². The maximum Gasteiger partial charge on any atom is 0.401 e. The van der Waals surface area contributed by atoms with Gasteiger partial charge in [0.25, 0.3) is 0 Å². The molecule has 0 aromatic heterocycles. The van der Waals surface area contributed by atoms with Crippen LogP contribution in [0.25, 0.3) is 0 Å². The fourth-order valence-electron chi connectivity index (χ4n) is 1.25. The van der Waals surface area contributed by atoms with Crippen LogP contribution in [-0.4, -0.2) is 17.8 Å². The van der Waals surface area contributed by atoms with Gasteiger partial charge >= 0.3 is 6.18 Å². The van der Waals surface area contributed by atoms with Gasteiger partial charge in [-0.05, 0) is 25.1 Å². The molecule has 1 aromatic rings. The summed E-state index contributed by atoms with van der Waals surface area (Å²) >= 11 is 0. The van der Waals surface area contributed by atoms with Crippen molar-refractivity contribution in [1.82, 2.24) is 5.32 Å². The zero-order valence-corrected chi connectivity index (χ0v) is 8.48. The summed E-state index contributed by atoms with van der Waals surface area (Å²) in [4.78, 5) is 0. The fraction of sp³-hybridized carbons (Fsp3) is 0.400. The van der Waals surface area contributed by atoms with Crippen molar-refractivity contribution in [2.24, 2.45) is 0 Å². The van der Waals surface area contributed by atoms with Gasteiger partial charge in [-0.3, -0.25) is 0 Å². The largest absolute Gasteiger partial charge is 0.508 e. The fourth-order valence-corrected chi connectivity index (χ4v) is 1.25. The molecule has 0 aliphatic heterocycles. The van der Waals surface area contributed by atoms with E-state index in [0.717, 1.165) is 18.2 Å². The Morgan fingerprint density at radius 2 is 2.00 bits per heavy atom. The SMILES string of the molecule is CC(NCC(F)(F)F)c1cc(F)ccc1O. The van der Waals surface area contributed by atoms with Crippen molar-refractivity contribution >= 4 is 0 Å². The molecule has 16 heavy (non-hydrogen) atoms. The molecule has 1 unspecified atom stereocenters. The van der Waals surface area contributed by atoms with Gasteiger partial charge in [-0.25, -0.2) is 4.39 Å². The average molecular weight is 237 g/mol. The Morgan fingerprint density at radius 3 is 2.56 bits per heavy atom. The van der Waals surface area contributed by atoms with Gasteiger partial charge in [0.1, 0.15) is 11.6 Å². The Morgan fingerprint density at radius 1 is 1.38 bits per heavy atom. The molecule has 0 fully saturated rings. The Kier molecular flexibility index (Phi) is 3.74. The Balaban J connectivity index is 2.73. The number of aromatic hydroxyl groups is 1. The van der Waals surface area contributed by atoms with E-state index in [-0.39, 0.29) is 11.3 Å². The van der Waals surface area contributed by atoms with E-state index in [1.807, 2.05) is 0 Å². The molecular formula is C10H11F4NO. The first kappa shape index (κ1) is 12.8. The van der Waals surface area contributed by atoms with Crippen LogP contribution in [0.1, 0.15) is 18.5 Å². The Labute approximate surface area is 89.9 Å². The van der Waals surface area contributed by atoms with E-state index < -0.39 is 24.6 Å². The first-order chi connectivity index (χ1) is 7.29. The smallest absolute Gasteiger partial charge is 0.401 e. The van der Waals surface area contributed by atoms with Crippen LogP contribution in [0.2, 0.25) is 0 Å². The topological polar surface area (TPSA) is 32.3 Å². The minimum absolute atomic E-state index is 0.101. The number of hydrogen-bond acceptors (Lipinski definition) is 2. The molecule has 6 heteroatoms. The minimum atomic E-state index is -4.34. The van der Waals surface area contributed by atoms with Crippen LogP contribution >= 0.6 is 0 Å². The van der Waals surface area contributed by atoms with Gasteiger partial charge in [0.05, 0.1) is 6.54 Å². The molecule has 0 bridgehead atoms. The highest BCUT2D eigenvalue weighted by Gasteiger charge is 2.27. The molecule has 2 N–H and O–H groups in total. The molecule has 90 valence electrons. The van der Waals surface area contributed by atoms with Crippen molar-refractivity contribution in [3.8, 4) is 5.75 Å². The van der Waals surface area contributed by atoms with Gasteiger partial charge < -0.3 is 10.4 Å². The molecule has 2 nitrogen and oxygen atoms in total. The quantitative estimate of drug-likeness (QED) is 0.792. The maximum absolute atomic E-state index is 12.8. The second-order valence-corrected chi connectivity index (χ2v) is 3.42. The number of halogens is 4. The Hall–Kier alpha value is -1.30. The van der Waals surface area contributed by atoms with Gasteiger partial charge in [-0.1, -0.05) is 0 Å². The molecule has 0 amide bonds. The summed E-state index contributed by atoms with van der Waals surface area (Å²) in [7, 11) is 0. The van der Waals surface area contributed by atoms with Gasteiger partial charge in [-0.2, -0.15) is 13.2 Å². The molecule has 0 radical (unpaired) electrons. The van der Waals surface area contributed by atoms with Crippen molar-refractivity contribution in [2.75, 3.05) is 6.54 Å². The molecule has 0 heterocycles. The summed E-state index contributed by atoms with van der Waals surface area (Å²) in [5.74, 6) is -0.836. The molecule has 0 saturated heterocycles. The first-order valence-electron chi connectivity index (χ1n) is 4.58. The van der Waals surface area contributed by atoms with E-state index in [1.165, 1.54) is 6.92 Å². The van der Waals surface area contributed by atoms with Gasteiger partial charge in [-0.15, -0.1) is 0 Å². The van der Waals surface area contributed by atoms with Crippen molar-refractivity contribution in [2.45, 2.75) is 19.1 Å². The van der Waals surface area contributed by atoms with E-state index in [2.05, 4.69) is 5.32 Å². The van der Waals surface area contributed by atoms with Crippen LogP contribution in [0.3, 0.4) is 0 Å². The Bertz CT molecular complexity index is 364. The lowest BCUT2D eigenvalue weighted by atomic mass is 10.1. The van der Waals surface area contributed by atoms with Crippen LogP contribution < -0.4 is 5.32 Å². The molecule has 0 aliphatic rings. The zero-order valence-electron chi connectivity index (χ0n) is 8.48. The summed E-state index contributed by atoms with van der Waals surface area (Å²) in [6.07, 6.45) is -4.34. The lowest BCUT2D eigenvalue weighted by Crippen LogP contribution is -2.30. The monoisotopic (exact) mass is 237 g/mol.